The molecule has 0 unspecified atom stereocenters. The van der Waals surface area contributed by atoms with Gasteiger partial charge in [-0.15, -0.1) is 0 Å². The molecule has 0 aromatic carbocycles. The van der Waals surface area contributed by atoms with Crippen LogP contribution in [0.5, 0.6) is 0 Å². The summed E-state index contributed by atoms with van der Waals surface area (Å²) in [5, 5.41) is 6.80. The van der Waals surface area contributed by atoms with Crippen molar-refractivity contribution in [2.75, 3.05) is 6.54 Å². The Labute approximate surface area is 128 Å². The SMILES string of the molecule is CCCNCc1cnn(-c2ccc(Br)cn2)c1C(F)(F)F. The highest BCUT2D eigenvalue weighted by Crippen LogP contribution is 2.33. The van der Waals surface area contributed by atoms with Crippen LogP contribution < -0.4 is 5.32 Å². The Hall–Kier alpha value is -1.41. The molecule has 0 aliphatic rings. The van der Waals surface area contributed by atoms with Crippen LogP contribution in [0.25, 0.3) is 5.82 Å². The Morgan fingerprint density at radius 2 is 2.05 bits per heavy atom. The lowest BCUT2D eigenvalue weighted by Crippen LogP contribution is -2.20. The molecule has 0 fully saturated rings. The Morgan fingerprint density at radius 1 is 1.29 bits per heavy atom. The first kappa shape index (κ1) is 16.0. The van der Waals surface area contributed by atoms with Gasteiger partial charge in [-0.25, -0.2) is 9.67 Å². The van der Waals surface area contributed by atoms with Gasteiger partial charge in [-0.1, -0.05) is 6.92 Å². The van der Waals surface area contributed by atoms with Gasteiger partial charge in [0.2, 0.25) is 0 Å². The normalized spacial score (nSPS) is 11.9. The summed E-state index contributed by atoms with van der Waals surface area (Å²) in [6.45, 7) is 2.73. The molecule has 0 bridgehead atoms. The third-order valence-corrected chi connectivity index (χ3v) is 3.25. The highest BCUT2D eigenvalue weighted by atomic mass is 79.9. The Kier molecular flexibility index (Phi) is 5.00. The summed E-state index contributed by atoms with van der Waals surface area (Å²) in [6, 6.07) is 3.11. The number of halogens is 4. The van der Waals surface area contributed by atoms with Crippen molar-refractivity contribution >= 4 is 15.9 Å². The third kappa shape index (κ3) is 3.82. The van der Waals surface area contributed by atoms with E-state index in [1.54, 1.807) is 6.07 Å². The van der Waals surface area contributed by atoms with E-state index in [0.717, 1.165) is 11.1 Å². The second kappa shape index (κ2) is 6.57. The average molecular weight is 363 g/mol. The van der Waals surface area contributed by atoms with Crippen molar-refractivity contribution < 1.29 is 13.2 Å². The van der Waals surface area contributed by atoms with Crippen molar-refractivity contribution in [3.05, 3.63) is 40.3 Å². The van der Waals surface area contributed by atoms with Crippen LogP contribution in [0.1, 0.15) is 24.6 Å². The van der Waals surface area contributed by atoms with E-state index in [2.05, 4.69) is 31.3 Å². The summed E-state index contributed by atoms with van der Waals surface area (Å²) in [6.07, 6.45) is -0.973. The lowest BCUT2D eigenvalue weighted by molar-refractivity contribution is -0.143. The van der Waals surface area contributed by atoms with Gasteiger partial charge in [-0.05, 0) is 41.0 Å². The van der Waals surface area contributed by atoms with Gasteiger partial charge in [-0.2, -0.15) is 18.3 Å². The zero-order valence-electron chi connectivity index (χ0n) is 11.3. The molecule has 2 heterocycles. The molecule has 0 saturated heterocycles. The Balaban J connectivity index is 2.39. The van der Waals surface area contributed by atoms with Crippen LogP contribution in [0.4, 0.5) is 13.2 Å². The molecule has 4 nitrogen and oxygen atoms in total. The summed E-state index contributed by atoms with van der Waals surface area (Å²) in [5.41, 5.74) is -0.679. The lowest BCUT2D eigenvalue weighted by atomic mass is 10.2. The van der Waals surface area contributed by atoms with Gasteiger partial charge in [0.1, 0.15) is 0 Å². The van der Waals surface area contributed by atoms with Gasteiger partial charge in [0.15, 0.2) is 11.5 Å². The van der Waals surface area contributed by atoms with Gasteiger partial charge in [0, 0.05) is 22.8 Å². The Morgan fingerprint density at radius 3 is 2.62 bits per heavy atom. The van der Waals surface area contributed by atoms with E-state index >= 15 is 0 Å². The molecule has 0 saturated carbocycles. The minimum Gasteiger partial charge on any atom is -0.313 e. The largest absolute Gasteiger partial charge is 0.433 e. The smallest absolute Gasteiger partial charge is 0.313 e. The second-order valence-corrected chi connectivity index (χ2v) is 5.36. The van der Waals surface area contributed by atoms with Crippen molar-refractivity contribution in [2.45, 2.75) is 26.1 Å². The summed E-state index contributed by atoms with van der Waals surface area (Å²) < 4.78 is 41.4. The molecule has 1 N–H and O–H groups in total. The monoisotopic (exact) mass is 362 g/mol. The van der Waals surface area contributed by atoms with Crippen LogP contribution >= 0.6 is 15.9 Å². The fraction of sp³-hybridized carbons (Fsp3) is 0.385. The molecular formula is C13H14BrF3N4. The van der Waals surface area contributed by atoms with E-state index in [4.69, 9.17) is 0 Å². The van der Waals surface area contributed by atoms with E-state index < -0.39 is 11.9 Å². The van der Waals surface area contributed by atoms with Crippen LogP contribution in [0.3, 0.4) is 0 Å². The van der Waals surface area contributed by atoms with Crippen LogP contribution in [0.15, 0.2) is 29.0 Å². The van der Waals surface area contributed by atoms with E-state index in [0.29, 0.717) is 11.0 Å². The van der Waals surface area contributed by atoms with E-state index in [-0.39, 0.29) is 17.9 Å². The first-order valence-electron chi connectivity index (χ1n) is 6.40. The summed E-state index contributed by atoms with van der Waals surface area (Å²) in [4.78, 5) is 3.97. The highest BCUT2D eigenvalue weighted by molar-refractivity contribution is 9.10. The molecule has 2 aromatic heterocycles. The van der Waals surface area contributed by atoms with Crippen LogP contribution in [-0.4, -0.2) is 21.3 Å². The maximum Gasteiger partial charge on any atom is 0.433 e. The predicted molar refractivity (Wildman–Crippen MR) is 76.1 cm³/mol. The van der Waals surface area contributed by atoms with Gasteiger partial charge in [0.05, 0.1) is 6.20 Å². The maximum atomic E-state index is 13.3. The molecule has 0 spiro atoms. The molecule has 0 aliphatic carbocycles. The lowest BCUT2D eigenvalue weighted by Gasteiger charge is -2.12. The fourth-order valence-corrected chi connectivity index (χ4v) is 2.12. The maximum absolute atomic E-state index is 13.3. The molecule has 2 rings (SSSR count). The molecule has 0 amide bonds. The number of pyridine rings is 1. The topological polar surface area (TPSA) is 42.7 Å². The minimum atomic E-state index is -4.49. The van der Waals surface area contributed by atoms with Crippen molar-refractivity contribution in [1.29, 1.82) is 0 Å². The minimum absolute atomic E-state index is 0.112. The van der Waals surface area contributed by atoms with Crippen LogP contribution in [0, 0.1) is 0 Å². The molecule has 0 atom stereocenters. The molecule has 21 heavy (non-hydrogen) atoms. The molecule has 2 aromatic rings. The second-order valence-electron chi connectivity index (χ2n) is 4.44. The van der Waals surface area contributed by atoms with E-state index in [1.807, 2.05) is 6.92 Å². The molecule has 8 heteroatoms. The quantitative estimate of drug-likeness (QED) is 0.827. The zero-order chi connectivity index (χ0) is 15.5. The molecule has 0 aliphatic heterocycles. The average Bonchev–Trinajstić information content (AvgIpc) is 2.84. The number of aromatic nitrogens is 3. The number of nitrogens with one attached hydrogen (secondary N) is 1. The molecule has 0 radical (unpaired) electrons. The number of hydrogen-bond acceptors (Lipinski definition) is 3. The summed E-state index contributed by atoms with van der Waals surface area (Å²) >= 11 is 3.20. The standard InChI is InChI=1S/C13H14BrF3N4/c1-2-5-18-6-9-7-20-21(12(9)13(15,16)17)11-4-3-10(14)8-19-11/h3-4,7-8,18H,2,5-6H2,1H3. The number of nitrogens with zero attached hydrogens (tertiary/aromatic N) is 3. The van der Waals surface area contributed by atoms with Crippen molar-refractivity contribution in [3.8, 4) is 5.82 Å². The van der Waals surface area contributed by atoms with Crippen molar-refractivity contribution in [2.24, 2.45) is 0 Å². The molecular weight excluding hydrogens is 349 g/mol. The van der Waals surface area contributed by atoms with Gasteiger partial charge < -0.3 is 5.32 Å². The van der Waals surface area contributed by atoms with Crippen molar-refractivity contribution in [1.82, 2.24) is 20.1 Å². The van der Waals surface area contributed by atoms with Crippen molar-refractivity contribution in [3.63, 3.8) is 0 Å². The third-order valence-electron chi connectivity index (χ3n) is 2.78. The first-order valence-corrected chi connectivity index (χ1v) is 7.19. The van der Waals surface area contributed by atoms with Crippen LogP contribution in [0.2, 0.25) is 0 Å². The number of hydrogen-bond donors (Lipinski definition) is 1. The fourth-order valence-electron chi connectivity index (χ4n) is 1.88. The summed E-state index contributed by atoms with van der Waals surface area (Å²) in [5.74, 6) is 0.132. The number of rotatable bonds is 5. The van der Waals surface area contributed by atoms with E-state index in [1.165, 1.54) is 18.5 Å². The zero-order valence-corrected chi connectivity index (χ0v) is 12.9. The van der Waals surface area contributed by atoms with Crippen LogP contribution in [-0.2, 0) is 12.7 Å². The number of alkyl halides is 3. The molecule has 114 valence electrons. The Bertz CT molecular complexity index is 592. The van der Waals surface area contributed by atoms with Gasteiger partial charge in [-0.3, -0.25) is 0 Å². The summed E-state index contributed by atoms with van der Waals surface area (Å²) in [7, 11) is 0. The predicted octanol–water partition coefficient (Wildman–Crippen LogP) is 3.55. The van der Waals surface area contributed by atoms with E-state index in [9.17, 15) is 13.2 Å². The first-order chi connectivity index (χ1) is 9.93. The highest BCUT2D eigenvalue weighted by Gasteiger charge is 2.38. The van der Waals surface area contributed by atoms with Gasteiger partial charge in [0.25, 0.3) is 0 Å². The van der Waals surface area contributed by atoms with Gasteiger partial charge >= 0.3 is 6.18 Å².